The molecule has 0 saturated heterocycles. The van der Waals surface area contributed by atoms with E-state index in [9.17, 15) is 9.59 Å². The van der Waals surface area contributed by atoms with Gasteiger partial charge in [0.2, 0.25) is 0 Å². The Morgan fingerprint density at radius 1 is 1.53 bits per heavy atom. The number of nitrogens with one attached hydrogen (secondary N) is 2. The van der Waals surface area contributed by atoms with Crippen LogP contribution in [-0.4, -0.2) is 27.5 Å². The largest absolute Gasteiger partial charge is 0.350 e. The van der Waals surface area contributed by atoms with Crippen LogP contribution in [0.25, 0.3) is 0 Å². The molecule has 1 aromatic heterocycles. The lowest BCUT2D eigenvalue weighted by atomic mass is 10.1. The third kappa shape index (κ3) is 3.15. The standard InChI is InChI=1S/C11H14BrN3O2/c12-8-3-1-2-7(8)6-13-11(17)9-4-5-10(16)15-14-9/h4-5,7-8H,1-3,6H2,(H,13,17)(H,15,16). The van der Waals surface area contributed by atoms with Gasteiger partial charge in [0.1, 0.15) is 5.69 Å². The molecule has 1 aliphatic rings. The lowest BCUT2D eigenvalue weighted by Crippen LogP contribution is -2.32. The average Bonchev–Trinajstić information content (AvgIpc) is 2.73. The number of carbonyl (C=O) groups excluding carboxylic acids is 1. The highest BCUT2D eigenvalue weighted by molar-refractivity contribution is 9.09. The van der Waals surface area contributed by atoms with Gasteiger partial charge in [-0.15, -0.1) is 0 Å². The second kappa shape index (κ2) is 5.44. The third-order valence-electron chi connectivity index (χ3n) is 3.00. The van der Waals surface area contributed by atoms with E-state index in [-0.39, 0.29) is 17.2 Å². The van der Waals surface area contributed by atoms with E-state index in [1.807, 2.05) is 0 Å². The lowest BCUT2D eigenvalue weighted by molar-refractivity contribution is 0.0941. The van der Waals surface area contributed by atoms with Gasteiger partial charge in [-0.1, -0.05) is 22.4 Å². The summed E-state index contributed by atoms with van der Waals surface area (Å²) in [5.41, 5.74) is -0.0633. The van der Waals surface area contributed by atoms with Gasteiger partial charge < -0.3 is 5.32 Å². The van der Waals surface area contributed by atoms with Crippen LogP contribution in [0.4, 0.5) is 0 Å². The number of aromatic amines is 1. The molecule has 2 rings (SSSR count). The van der Waals surface area contributed by atoms with Crippen molar-refractivity contribution in [1.82, 2.24) is 15.5 Å². The van der Waals surface area contributed by atoms with Gasteiger partial charge >= 0.3 is 0 Å². The molecule has 6 heteroatoms. The number of rotatable bonds is 3. The molecule has 0 aliphatic heterocycles. The van der Waals surface area contributed by atoms with Crippen LogP contribution >= 0.6 is 15.9 Å². The smallest absolute Gasteiger partial charge is 0.271 e. The maximum atomic E-state index is 11.7. The quantitative estimate of drug-likeness (QED) is 0.820. The van der Waals surface area contributed by atoms with Crippen molar-refractivity contribution >= 4 is 21.8 Å². The fourth-order valence-corrected chi connectivity index (χ4v) is 2.78. The van der Waals surface area contributed by atoms with Crippen LogP contribution in [0.3, 0.4) is 0 Å². The van der Waals surface area contributed by atoms with Crippen LogP contribution in [0, 0.1) is 5.92 Å². The summed E-state index contributed by atoms with van der Waals surface area (Å²) in [6.45, 7) is 0.648. The van der Waals surface area contributed by atoms with Crippen LogP contribution in [-0.2, 0) is 0 Å². The summed E-state index contributed by atoms with van der Waals surface area (Å²) >= 11 is 3.61. The number of halogens is 1. The number of hydrogen-bond donors (Lipinski definition) is 2. The molecular weight excluding hydrogens is 286 g/mol. The van der Waals surface area contributed by atoms with Gasteiger partial charge in [0.15, 0.2) is 0 Å². The molecule has 1 heterocycles. The molecule has 5 nitrogen and oxygen atoms in total. The Bertz CT molecular complexity index is 440. The number of hydrogen-bond acceptors (Lipinski definition) is 3. The number of carbonyl (C=O) groups is 1. The molecule has 1 amide bonds. The summed E-state index contributed by atoms with van der Waals surface area (Å²) in [6.07, 6.45) is 3.50. The molecular formula is C11H14BrN3O2. The minimum absolute atomic E-state index is 0.243. The third-order valence-corrected chi connectivity index (χ3v) is 4.21. The number of amides is 1. The van der Waals surface area contributed by atoms with Gasteiger partial charge in [0, 0.05) is 17.4 Å². The average molecular weight is 300 g/mol. The monoisotopic (exact) mass is 299 g/mol. The first-order valence-electron chi connectivity index (χ1n) is 5.65. The Labute approximate surface area is 107 Å². The van der Waals surface area contributed by atoms with Crippen molar-refractivity contribution in [3.63, 3.8) is 0 Å². The summed E-state index contributed by atoms with van der Waals surface area (Å²) in [4.78, 5) is 23.0. The molecule has 1 aromatic rings. The zero-order chi connectivity index (χ0) is 12.3. The van der Waals surface area contributed by atoms with Crippen molar-refractivity contribution in [3.8, 4) is 0 Å². The minimum atomic E-state index is -0.308. The first-order valence-corrected chi connectivity index (χ1v) is 6.56. The van der Waals surface area contributed by atoms with Crippen LogP contribution in [0.15, 0.2) is 16.9 Å². The Balaban J connectivity index is 1.89. The van der Waals surface area contributed by atoms with E-state index in [2.05, 4.69) is 31.4 Å². The van der Waals surface area contributed by atoms with Gasteiger partial charge in [0.25, 0.3) is 11.5 Å². The van der Waals surface area contributed by atoms with E-state index in [0.29, 0.717) is 17.3 Å². The molecule has 2 atom stereocenters. The van der Waals surface area contributed by atoms with E-state index < -0.39 is 0 Å². The van der Waals surface area contributed by atoms with Crippen molar-refractivity contribution in [3.05, 3.63) is 28.2 Å². The number of alkyl halides is 1. The molecule has 0 radical (unpaired) electrons. The van der Waals surface area contributed by atoms with Gasteiger partial charge in [-0.2, -0.15) is 5.10 Å². The zero-order valence-corrected chi connectivity index (χ0v) is 10.9. The van der Waals surface area contributed by atoms with Gasteiger partial charge in [-0.3, -0.25) is 9.59 Å². The molecule has 2 unspecified atom stereocenters. The number of H-pyrrole nitrogens is 1. The molecule has 0 aromatic carbocycles. The molecule has 1 saturated carbocycles. The van der Waals surface area contributed by atoms with Gasteiger partial charge in [-0.05, 0) is 24.8 Å². The highest BCUT2D eigenvalue weighted by Crippen LogP contribution is 2.30. The van der Waals surface area contributed by atoms with E-state index >= 15 is 0 Å². The lowest BCUT2D eigenvalue weighted by Gasteiger charge is -2.14. The minimum Gasteiger partial charge on any atom is -0.350 e. The molecule has 17 heavy (non-hydrogen) atoms. The highest BCUT2D eigenvalue weighted by Gasteiger charge is 2.25. The van der Waals surface area contributed by atoms with E-state index in [4.69, 9.17) is 0 Å². The van der Waals surface area contributed by atoms with Crippen molar-refractivity contribution in [2.75, 3.05) is 6.54 Å². The van der Waals surface area contributed by atoms with Crippen LogP contribution in [0.2, 0.25) is 0 Å². The number of aromatic nitrogens is 2. The van der Waals surface area contributed by atoms with Crippen molar-refractivity contribution in [2.45, 2.75) is 24.1 Å². The summed E-state index contributed by atoms with van der Waals surface area (Å²) in [6, 6.07) is 2.72. The zero-order valence-electron chi connectivity index (χ0n) is 9.28. The Kier molecular flexibility index (Phi) is 3.93. The molecule has 2 N–H and O–H groups in total. The topological polar surface area (TPSA) is 74.8 Å². The number of nitrogens with zero attached hydrogens (tertiary/aromatic N) is 1. The maximum Gasteiger partial charge on any atom is 0.271 e. The fraction of sp³-hybridized carbons (Fsp3) is 0.545. The van der Waals surface area contributed by atoms with Crippen molar-refractivity contribution in [1.29, 1.82) is 0 Å². The predicted molar refractivity (Wildman–Crippen MR) is 67.2 cm³/mol. The predicted octanol–water partition coefficient (Wildman–Crippen LogP) is 1.06. The summed E-state index contributed by atoms with van der Waals surface area (Å²) in [5.74, 6) is 0.245. The maximum absolute atomic E-state index is 11.7. The molecule has 0 spiro atoms. The molecule has 0 bridgehead atoms. The summed E-state index contributed by atoms with van der Waals surface area (Å²) < 4.78 is 0. The first kappa shape index (κ1) is 12.3. The molecule has 1 fully saturated rings. The molecule has 1 aliphatic carbocycles. The normalized spacial score (nSPS) is 23.6. The van der Waals surface area contributed by atoms with Crippen LogP contribution < -0.4 is 10.9 Å². The Hall–Kier alpha value is -1.17. The van der Waals surface area contributed by atoms with Crippen molar-refractivity contribution < 1.29 is 4.79 Å². The summed E-state index contributed by atoms with van der Waals surface area (Å²) in [5, 5.41) is 8.76. The SMILES string of the molecule is O=C(NCC1CCCC1Br)c1ccc(=O)[nH]n1. The highest BCUT2D eigenvalue weighted by atomic mass is 79.9. The van der Waals surface area contributed by atoms with E-state index in [1.54, 1.807) is 0 Å². The fourth-order valence-electron chi connectivity index (χ4n) is 2.01. The molecule has 92 valence electrons. The summed E-state index contributed by atoms with van der Waals surface area (Å²) in [7, 11) is 0. The van der Waals surface area contributed by atoms with E-state index in [1.165, 1.54) is 18.6 Å². The Morgan fingerprint density at radius 3 is 2.94 bits per heavy atom. The Morgan fingerprint density at radius 2 is 2.35 bits per heavy atom. The first-order chi connectivity index (χ1) is 8.16. The van der Waals surface area contributed by atoms with Gasteiger partial charge in [0.05, 0.1) is 0 Å². The van der Waals surface area contributed by atoms with Crippen LogP contribution in [0.1, 0.15) is 29.8 Å². The van der Waals surface area contributed by atoms with Crippen LogP contribution in [0.5, 0.6) is 0 Å². The second-order valence-corrected chi connectivity index (χ2v) is 5.40. The second-order valence-electron chi connectivity index (χ2n) is 4.22. The van der Waals surface area contributed by atoms with Gasteiger partial charge in [-0.25, -0.2) is 5.10 Å². The van der Waals surface area contributed by atoms with E-state index in [0.717, 1.165) is 12.8 Å². The van der Waals surface area contributed by atoms with Crippen molar-refractivity contribution in [2.24, 2.45) is 5.92 Å².